The summed E-state index contributed by atoms with van der Waals surface area (Å²) in [6.07, 6.45) is 0. The second kappa shape index (κ2) is 29.5. The molecule has 0 bridgehead atoms. The smallest absolute Gasteiger partial charge is 0.164 e. The topological polar surface area (TPSA) is 142 Å². The zero-order chi connectivity index (χ0) is 73.1. The third kappa shape index (κ3) is 13.3. The highest BCUT2D eigenvalue weighted by molar-refractivity contribution is 7.27. The van der Waals surface area contributed by atoms with Crippen molar-refractivity contribution >= 4 is 63.0 Å². The molecular formula is C97H61N11S2. The average Bonchev–Trinajstić information content (AvgIpc) is 1.59. The first-order valence-corrected chi connectivity index (χ1v) is 37.9. The molecule has 20 aromatic rings. The molecule has 6 aromatic heterocycles. The summed E-state index contributed by atoms with van der Waals surface area (Å²) >= 11 is 3.58. The van der Waals surface area contributed by atoms with E-state index in [2.05, 4.69) is 152 Å². The van der Waals surface area contributed by atoms with Crippen LogP contribution in [0.1, 0.15) is 0 Å². The Morgan fingerprint density at radius 2 is 0.400 bits per heavy atom. The number of rotatable bonds is 14. The van der Waals surface area contributed by atoms with Crippen LogP contribution in [0.5, 0.6) is 0 Å². The quantitative estimate of drug-likeness (QED) is 0.103. The lowest BCUT2D eigenvalue weighted by atomic mass is 9.99. The zero-order valence-electron chi connectivity index (χ0n) is 59.0. The molecule has 0 atom stereocenters. The molecule has 0 aliphatic rings. The van der Waals surface area contributed by atoms with E-state index in [-0.39, 0.29) is 0 Å². The first-order chi connectivity index (χ1) is 54.5. The predicted octanol–water partition coefficient (Wildman–Crippen LogP) is 24.8. The molecule has 0 saturated carbocycles. The monoisotopic (exact) mass is 1440 g/mol. The van der Waals surface area contributed by atoms with Gasteiger partial charge in [0.15, 0.2) is 58.2 Å². The fraction of sp³-hybridized carbons (Fsp3) is 0. The van der Waals surface area contributed by atoms with Gasteiger partial charge in [-0.15, -0.1) is 22.7 Å². The summed E-state index contributed by atoms with van der Waals surface area (Å²) < 4.78 is 4.75. The Balaban J connectivity index is 0.000000149. The van der Waals surface area contributed by atoms with Crippen molar-refractivity contribution in [3.63, 3.8) is 0 Å². The highest BCUT2D eigenvalue weighted by atomic mass is 32.1. The van der Waals surface area contributed by atoms with Crippen LogP contribution in [-0.2, 0) is 0 Å². The van der Waals surface area contributed by atoms with Gasteiger partial charge in [0.05, 0.1) is 11.4 Å². The summed E-state index contributed by atoms with van der Waals surface area (Å²) in [5.41, 5.74) is 17.9. The van der Waals surface area contributed by atoms with Gasteiger partial charge in [-0.3, -0.25) is 0 Å². The van der Waals surface area contributed by atoms with Crippen LogP contribution in [0.25, 0.3) is 199 Å². The van der Waals surface area contributed by atoms with Gasteiger partial charge in [-0.1, -0.05) is 346 Å². The number of nitrogens with zero attached hydrogens (tertiary/aromatic N) is 11. The van der Waals surface area contributed by atoms with E-state index in [1.807, 2.05) is 218 Å². The Kier molecular flexibility index (Phi) is 17.8. The van der Waals surface area contributed by atoms with E-state index in [9.17, 15) is 0 Å². The minimum absolute atomic E-state index is 0.631. The van der Waals surface area contributed by atoms with Crippen LogP contribution in [0.3, 0.4) is 0 Å². The van der Waals surface area contributed by atoms with Crippen molar-refractivity contribution in [3.8, 4) is 159 Å². The summed E-state index contributed by atoms with van der Waals surface area (Å²) in [4.78, 5) is 55.1. The first kappa shape index (κ1) is 66.3. The fourth-order valence-corrected chi connectivity index (χ4v) is 16.6. The van der Waals surface area contributed by atoms with Crippen molar-refractivity contribution in [1.29, 1.82) is 0 Å². The standard InChI is InChI=1S/C49H31N5S.C48H30N6S/c1-5-16-32(17-6-1)41-31-42(33-18-7-2-8-19-33)51-48(50-41)37-25-13-24-36(30-37)38-26-14-27-39-44-40(28-15-29-43(44)55-45(38)39)49-53-46(34-20-9-3-10-21-34)52-47(54-49)35-22-11-4-12-23-35;1-5-15-32(16-6-1)43-49-44(33-17-7-2-8-18-33)51-47(50-43)36-29-27-31(28-30-36)37-23-13-24-38-41-39(25-14-26-40(41)55-42(37)38)48-53-45(34-19-9-3-10-20-34)52-46(54-48)35-21-11-4-12-22-35/h1-31H;1-30H. The van der Waals surface area contributed by atoms with Gasteiger partial charge in [0.2, 0.25) is 0 Å². The van der Waals surface area contributed by atoms with Gasteiger partial charge in [0.25, 0.3) is 0 Å². The first-order valence-electron chi connectivity index (χ1n) is 36.2. The molecule has 20 rings (SSSR count). The number of thiophene rings is 2. The Morgan fingerprint density at radius 3 is 0.745 bits per heavy atom. The molecule has 0 radical (unpaired) electrons. The summed E-state index contributed by atoms with van der Waals surface area (Å²) in [7, 11) is 0. The minimum atomic E-state index is 0.631. The SMILES string of the molecule is c1ccc(-c2cc(-c3ccccc3)nc(-c3cccc(-c4cccc5c4sc4cccc(-c6nc(-c7ccccc7)nc(-c7ccccc7)n6)c45)c3)n2)cc1.c1ccc(-c2nc(-c3ccccc3)nc(-c3ccc(-c4cccc5c4sc4cccc(-c6nc(-c7ccccc7)nc(-c7ccccc7)n6)c45)cc3)n2)cc1. The molecule has 0 amide bonds. The van der Waals surface area contributed by atoms with Crippen molar-refractivity contribution in [3.05, 3.63) is 370 Å². The second-order valence-corrected chi connectivity index (χ2v) is 28.5. The largest absolute Gasteiger partial charge is 0.228 e. The van der Waals surface area contributed by atoms with E-state index in [1.165, 1.54) is 18.8 Å². The van der Waals surface area contributed by atoms with E-state index >= 15 is 0 Å². The molecule has 11 nitrogen and oxygen atoms in total. The summed E-state index contributed by atoms with van der Waals surface area (Å²) in [6.45, 7) is 0. The molecule has 13 heteroatoms. The highest BCUT2D eigenvalue weighted by Gasteiger charge is 2.23. The molecule has 0 unspecified atom stereocenters. The molecule has 0 aliphatic carbocycles. The van der Waals surface area contributed by atoms with Crippen LogP contribution >= 0.6 is 22.7 Å². The normalized spacial score (nSPS) is 11.3. The third-order valence-electron chi connectivity index (χ3n) is 19.4. The number of aromatic nitrogens is 11. The van der Waals surface area contributed by atoms with Crippen LogP contribution in [0.15, 0.2) is 370 Å². The van der Waals surface area contributed by atoms with Gasteiger partial charge < -0.3 is 0 Å². The van der Waals surface area contributed by atoms with E-state index in [0.717, 1.165) is 122 Å². The van der Waals surface area contributed by atoms with Crippen LogP contribution in [0, 0.1) is 0 Å². The molecule has 110 heavy (non-hydrogen) atoms. The van der Waals surface area contributed by atoms with Gasteiger partial charge in [-0.25, -0.2) is 54.8 Å². The van der Waals surface area contributed by atoms with Crippen LogP contribution in [0.4, 0.5) is 0 Å². The molecule has 0 saturated heterocycles. The molecule has 516 valence electrons. The minimum Gasteiger partial charge on any atom is -0.228 e. The summed E-state index contributed by atoms with van der Waals surface area (Å²) in [5.74, 6) is 6.48. The fourth-order valence-electron chi connectivity index (χ4n) is 14.0. The molecule has 6 heterocycles. The average molecular weight is 1440 g/mol. The van der Waals surface area contributed by atoms with Crippen LogP contribution < -0.4 is 0 Å². The van der Waals surface area contributed by atoms with E-state index in [0.29, 0.717) is 58.2 Å². The Labute approximate surface area is 642 Å². The molecule has 0 fully saturated rings. The maximum Gasteiger partial charge on any atom is 0.164 e. The summed E-state index contributed by atoms with van der Waals surface area (Å²) in [5, 5.41) is 4.60. The maximum atomic E-state index is 5.11. The molecular weight excluding hydrogens is 1380 g/mol. The van der Waals surface area contributed by atoms with Crippen molar-refractivity contribution in [2.75, 3.05) is 0 Å². The number of fused-ring (bicyclic) bond motifs is 6. The maximum absolute atomic E-state index is 5.11. The lowest BCUT2D eigenvalue weighted by Crippen LogP contribution is -2.00. The Morgan fingerprint density at radius 1 is 0.155 bits per heavy atom. The lowest BCUT2D eigenvalue weighted by Gasteiger charge is -2.11. The number of hydrogen-bond donors (Lipinski definition) is 0. The number of hydrogen-bond acceptors (Lipinski definition) is 13. The predicted molar refractivity (Wildman–Crippen MR) is 451 cm³/mol. The molecule has 0 aliphatic heterocycles. The van der Waals surface area contributed by atoms with Crippen molar-refractivity contribution in [1.82, 2.24) is 54.8 Å². The van der Waals surface area contributed by atoms with Gasteiger partial charge >= 0.3 is 0 Å². The summed E-state index contributed by atoms with van der Waals surface area (Å²) in [6, 6.07) is 126. The third-order valence-corrected chi connectivity index (χ3v) is 21.8. The van der Waals surface area contributed by atoms with Gasteiger partial charge in [-0.05, 0) is 46.5 Å². The van der Waals surface area contributed by atoms with Crippen molar-refractivity contribution in [2.24, 2.45) is 0 Å². The molecule has 0 spiro atoms. The Hall–Kier alpha value is -14.4. The van der Waals surface area contributed by atoms with Gasteiger partial charge in [-0.2, -0.15) is 0 Å². The van der Waals surface area contributed by atoms with Crippen LogP contribution in [-0.4, -0.2) is 54.8 Å². The van der Waals surface area contributed by atoms with E-state index in [4.69, 9.17) is 54.8 Å². The van der Waals surface area contributed by atoms with Gasteiger partial charge in [0, 0.05) is 107 Å². The Bertz CT molecular complexity index is 6510. The van der Waals surface area contributed by atoms with Crippen molar-refractivity contribution in [2.45, 2.75) is 0 Å². The second-order valence-electron chi connectivity index (χ2n) is 26.4. The molecule has 14 aromatic carbocycles. The number of benzene rings is 14. The zero-order valence-corrected chi connectivity index (χ0v) is 60.6. The van der Waals surface area contributed by atoms with Gasteiger partial charge in [0.1, 0.15) is 0 Å². The van der Waals surface area contributed by atoms with E-state index < -0.39 is 0 Å². The molecule has 0 N–H and O–H groups in total. The lowest BCUT2D eigenvalue weighted by molar-refractivity contribution is 1.07. The van der Waals surface area contributed by atoms with E-state index in [1.54, 1.807) is 22.7 Å². The van der Waals surface area contributed by atoms with Crippen LogP contribution in [0.2, 0.25) is 0 Å². The van der Waals surface area contributed by atoms with Crippen molar-refractivity contribution < 1.29 is 0 Å². The highest BCUT2D eigenvalue weighted by Crippen LogP contribution is 2.47.